The number of hydrogen-bond acceptors (Lipinski definition) is 3. The van der Waals surface area contributed by atoms with Crippen LogP contribution < -0.4 is 5.73 Å². The van der Waals surface area contributed by atoms with E-state index >= 15 is 0 Å². The first-order chi connectivity index (χ1) is 6.75. The Morgan fingerprint density at radius 2 is 2.43 bits per heavy atom. The molecular formula is C10H10N2OS. The molecule has 0 spiro atoms. The van der Waals surface area contributed by atoms with Crippen molar-refractivity contribution in [2.45, 2.75) is 12.8 Å². The lowest BCUT2D eigenvalue weighted by molar-refractivity contribution is -0.117. The summed E-state index contributed by atoms with van der Waals surface area (Å²) in [6, 6.07) is 4.05. The van der Waals surface area contributed by atoms with E-state index in [0.717, 1.165) is 11.8 Å². The molecule has 14 heavy (non-hydrogen) atoms. The van der Waals surface area contributed by atoms with Gasteiger partial charge in [0.15, 0.2) is 0 Å². The number of fused-ring (bicyclic) bond motifs is 1. The van der Waals surface area contributed by atoms with Gasteiger partial charge in [-0.25, -0.2) is 0 Å². The zero-order valence-electron chi connectivity index (χ0n) is 7.56. The van der Waals surface area contributed by atoms with Crippen molar-refractivity contribution >= 4 is 27.3 Å². The van der Waals surface area contributed by atoms with Crippen LogP contribution >= 0.6 is 11.3 Å². The standard InChI is InChI=1S/C10H10N2OS/c11-10(13)2-1-8-5-7-6-12-4-3-9(7)14-8/h3-6H,1-2H2,(H2,11,13). The molecule has 2 N–H and O–H groups in total. The molecule has 2 aromatic heterocycles. The van der Waals surface area contributed by atoms with Crippen molar-refractivity contribution in [3.8, 4) is 0 Å². The summed E-state index contributed by atoms with van der Waals surface area (Å²) in [7, 11) is 0. The Balaban J connectivity index is 2.22. The van der Waals surface area contributed by atoms with E-state index in [0.29, 0.717) is 6.42 Å². The molecule has 0 atom stereocenters. The lowest BCUT2D eigenvalue weighted by atomic mass is 10.2. The first kappa shape index (κ1) is 9.15. The van der Waals surface area contributed by atoms with Crippen LogP contribution in [0.2, 0.25) is 0 Å². The van der Waals surface area contributed by atoms with Crippen molar-refractivity contribution in [1.29, 1.82) is 0 Å². The topological polar surface area (TPSA) is 56.0 Å². The summed E-state index contributed by atoms with van der Waals surface area (Å²) in [6.45, 7) is 0. The molecule has 0 saturated carbocycles. The van der Waals surface area contributed by atoms with Crippen molar-refractivity contribution in [2.75, 3.05) is 0 Å². The van der Waals surface area contributed by atoms with Crippen LogP contribution in [0.5, 0.6) is 0 Å². The molecule has 3 nitrogen and oxygen atoms in total. The quantitative estimate of drug-likeness (QED) is 0.831. The lowest BCUT2D eigenvalue weighted by Crippen LogP contribution is -2.10. The Bertz CT molecular complexity index is 431. The average molecular weight is 206 g/mol. The van der Waals surface area contributed by atoms with Gasteiger partial charge in [0.2, 0.25) is 5.91 Å². The zero-order valence-corrected chi connectivity index (χ0v) is 8.38. The summed E-state index contributed by atoms with van der Waals surface area (Å²) in [5.74, 6) is -0.249. The predicted molar refractivity (Wildman–Crippen MR) is 57.1 cm³/mol. The fourth-order valence-electron chi connectivity index (χ4n) is 1.31. The number of aromatic nitrogens is 1. The number of thiophene rings is 1. The van der Waals surface area contributed by atoms with Crippen molar-refractivity contribution in [1.82, 2.24) is 4.98 Å². The second-order valence-electron chi connectivity index (χ2n) is 3.09. The number of primary amides is 1. The van der Waals surface area contributed by atoms with E-state index in [9.17, 15) is 4.79 Å². The summed E-state index contributed by atoms with van der Waals surface area (Å²) in [5.41, 5.74) is 5.09. The van der Waals surface area contributed by atoms with Gasteiger partial charge in [0.1, 0.15) is 0 Å². The van der Waals surface area contributed by atoms with Gasteiger partial charge in [0.05, 0.1) is 0 Å². The fourth-order valence-corrected chi connectivity index (χ4v) is 2.34. The minimum Gasteiger partial charge on any atom is -0.370 e. The van der Waals surface area contributed by atoms with Gasteiger partial charge in [-0.15, -0.1) is 11.3 Å². The molecule has 2 heterocycles. The largest absolute Gasteiger partial charge is 0.370 e. The number of amides is 1. The number of aryl methyl sites for hydroxylation is 1. The van der Waals surface area contributed by atoms with Gasteiger partial charge in [-0.05, 0) is 18.6 Å². The van der Waals surface area contributed by atoms with E-state index in [1.807, 2.05) is 12.3 Å². The second-order valence-corrected chi connectivity index (χ2v) is 4.26. The van der Waals surface area contributed by atoms with E-state index in [1.165, 1.54) is 9.58 Å². The fraction of sp³-hybridized carbons (Fsp3) is 0.200. The van der Waals surface area contributed by atoms with Gasteiger partial charge in [-0.2, -0.15) is 0 Å². The normalized spacial score (nSPS) is 10.6. The Kier molecular flexibility index (Phi) is 2.45. The molecule has 0 saturated heterocycles. The first-order valence-electron chi connectivity index (χ1n) is 4.36. The van der Waals surface area contributed by atoms with Crippen LogP contribution in [0.1, 0.15) is 11.3 Å². The zero-order chi connectivity index (χ0) is 9.97. The number of rotatable bonds is 3. The Morgan fingerprint density at radius 3 is 3.14 bits per heavy atom. The van der Waals surface area contributed by atoms with Crippen molar-refractivity contribution < 1.29 is 4.79 Å². The van der Waals surface area contributed by atoms with Crippen LogP contribution in [-0.4, -0.2) is 10.9 Å². The minimum absolute atomic E-state index is 0.249. The smallest absolute Gasteiger partial charge is 0.217 e. The molecule has 0 aliphatic carbocycles. The molecule has 0 aromatic carbocycles. The molecule has 0 fully saturated rings. The number of pyridine rings is 1. The van der Waals surface area contributed by atoms with Gasteiger partial charge in [-0.1, -0.05) is 0 Å². The monoisotopic (exact) mass is 206 g/mol. The third kappa shape index (κ3) is 1.90. The van der Waals surface area contributed by atoms with E-state index < -0.39 is 0 Å². The van der Waals surface area contributed by atoms with Crippen LogP contribution in [0.25, 0.3) is 10.1 Å². The Morgan fingerprint density at radius 1 is 1.57 bits per heavy atom. The van der Waals surface area contributed by atoms with E-state index in [4.69, 9.17) is 5.73 Å². The van der Waals surface area contributed by atoms with Gasteiger partial charge >= 0.3 is 0 Å². The van der Waals surface area contributed by atoms with Crippen molar-refractivity contribution in [3.63, 3.8) is 0 Å². The summed E-state index contributed by atoms with van der Waals surface area (Å²) in [6.07, 6.45) is 4.76. The van der Waals surface area contributed by atoms with E-state index in [2.05, 4.69) is 11.1 Å². The average Bonchev–Trinajstić information content (AvgIpc) is 2.57. The maximum absolute atomic E-state index is 10.6. The molecule has 72 valence electrons. The highest BCUT2D eigenvalue weighted by Crippen LogP contribution is 2.25. The highest BCUT2D eigenvalue weighted by atomic mass is 32.1. The first-order valence-corrected chi connectivity index (χ1v) is 5.18. The number of carbonyl (C=O) groups excluding carboxylic acids is 1. The summed E-state index contributed by atoms with van der Waals surface area (Å²) < 4.78 is 1.21. The van der Waals surface area contributed by atoms with Crippen molar-refractivity contribution in [3.05, 3.63) is 29.4 Å². The van der Waals surface area contributed by atoms with Gasteiger partial charge < -0.3 is 5.73 Å². The van der Waals surface area contributed by atoms with Crippen LogP contribution in [0.4, 0.5) is 0 Å². The third-order valence-corrected chi connectivity index (χ3v) is 3.16. The molecule has 2 rings (SSSR count). The summed E-state index contributed by atoms with van der Waals surface area (Å²) in [4.78, 5) is 15.8. The predicted octanol–water partition coefficient (Wildman–Crippen LogP) is 1.71. The van der Waals surface area contributed by atoms with Crippen LogP contribution in [-0.2, 0) is 11.2 Å². The summed E-state index contributed by atoms with van der Waals surface area (Å²) >= 11 is 1.69. The molecule has 0 radical (unpaired) electrons. The number of nitrogens with two attached hydrogens (primary N) is 1. The number of carbonyl (C=O) groups is 1. The molecule has 0 aliphatic heterocycles. The molecular weight excluding hydrogens is 196 g/mol. The van der Waals surface area contributed by atoms with E-state index in [-0.39, 0.29) is 5.91 Å². The SMILES string of the molecule is NC(=O)CCc1cc2cnccc2s1. The second kappa shape index (κ2) is 3.75. The van der Waals surface area contributed by atoms with Crippen LogP contribution in [0.15, 0.2) is 24.5 Å². The molecule has 0 bridgehead atoms. The number of hydrogen-bond donors (Lipinski definition) is 1. The van der Waals surface area contributed by atoms with Crippen molar-refractivity contribution in [2.24, 2.45) is 5.73 Å². The molecule has 2 aromatic rings. The number of nitrogens with zero attached hydrogens (tertiary/aromatic N) is 1. The van der Waals surface area contributed by atoms with Gasteiger partial charge in [0, 0.05) is 33.8 Å². The Labute approximate surface area is 85.6 Å². The molecule has 1 amide bonds. The molecule has 0 unspecified atom stereocenters. The minimum atomic E-state index is -0.249. The summed E-state index contributed by atoms with van der Waals surface area (Å²) in [5, 5.41) is 1.14. The van der Waals surface area contributed by atoms with E-state index in [1.54, 1.807) is 17.5 Å². The molecule has 4 heteroatoms. The highest BCUT2D eigenvalue weighted by molar-refractivity contribution is 7.19. The third-order valence-electron chi connectivity index (χ3n) is 1.99. The van der Waals surface area contributed by atoms with Gasteiger partial charge in [-0.3, -0.25) is 9.78 Å². The van der Waals surface area contributed by atoms with Gasteiger partial charge in [0.25, 0.3) is 0 Å². The lowest BCUT2D eigenvalue weighted by Gasteiger charge is -1.90. The molecule has 0 aliphatic rings. The maximum atomic E-state index is 10.6. The van der Waals surface area contributed by atoms with Crippen LogP contribution in [0, 0.1) is 0 Å². The van der Waals surface area contributed by atoms with Crippen LogP contribution in [0.3, 0.4) is 0 Å². The maximum Gasteiger partial charge on any atom is 0.217 e. The highest BCUT2D eigenvalue weighted by Gasteiger charge is 2.02. The Hall–Kier alpha value is -1.42.